The van der Waals surface area contributed by atoms with Crippen LogP contribution in [0.2, 0.25) is 15.1 Å². The molecule has 0 bridgehead atoms. The molecule has 0 saturated heterocycles. The van der Waals surface area contributed by atoms with E-state index in [1.807, 2.05) is 25.1 Å². The van der Waals surface area contributed by atoms with E-state index in [0.717, 1.165) is 11.1 Å². The molecule has 0 radical (unpaired) electrons. The monoisotopic (exact) mass is 329 g/mol. The molecule has 0 saturated carbocycles. The number of methoxy groups -OCH3 is 1. The van der Waals surface area contributed by atoms with E-state index in [-0.39, 0.29) is 0 Å². The maximum atomic E-state index is 6.26. The highest BCUT2D eigenvalue weighted by atomic mass is 35.5. The Bertz CT molecular complexity index is 643. The highest BCUT2D eigenvalue weighted by molar-refractivity contribution is 6.35. The second-order valence-corrected chi connectivity index (χ2v) is 5.73. The van der Waals surface area contributed by atoms with Gasteiger partial charge in [0.05, 0.1) is 18.2 Å². The Morgan fingerprint density at radius 1 is 0.950 bits per heavy atom. The summed E-state index contributed by atoms with van der Waals surface area (Å²) in [6.45, 7) is 1.97. The van der Waals surface area contributed by atoms with Crippen molar-refractivity contribution < 1.29 is 4.74 Å². The molecule has 2 nitrogen and oxygen atoms in total. The van der Waals surface area contributed by atoms with E-state index in [4.69, 9.17) is 45.3 Å². The van der Waals surface area contributed by atoms with Gasteiger partial charge in [0.25, 0.3) is 0 Å². The molecule has 1 atom stereocenters. The SMILES string of the molecule is COc1cc(Cl)c(C(N)c2ccc(C)cc2Cl)cc1Cl. The largest absolute Gasteiger partial charge is 0.495 e. The molecular weight excluding hydrogens is 317 g/mol. The zero-order valence-corrected chi connectivity index (χ0v) is 13.4. The van der Waals surface area contributed by atoms with Crippen LogP contribution in [0.1, 0.15) is 22.7 Å². The lowest BCUT2D eigenvalue weighted by atomic mass is 9.98. The van der Waals surface area contributed by atoms with Crippen molar-refractivity contribution in [3.63, 3.8) is 0 Å². The van der Waals surface area contributed by atoms with E-state index >= 15 is 0 Å². The number of hydrogen-bond donors (Lipinski definition) is 1. The summed E-state index contributed by atoms with van der Waals surface area (Å²) in [5, 5.41) is 1.57. The van der Waals surface area contributed by atoms with Crippen molar-refractivity contribution in [3.8, 4) is 5.75 Å². The number of rotatable bonds is 3. The molecular formula is C15H14Cl3NO. The zero-order chi connectivity index (χ0) is 14.9. The molecule has 2 aromatic rings. The molecule has 2 N–H and O–H groups in total. The first-order valence-corrected chi connectivity index (χ1v) is 7.12. The van der Waals surface area contributed by atoms with Crippen molar-refractivity contribution in [1.82, 2.24) is 0 Å². The average Bonchev–Trinajstić information content (AvgIpc) is 2.40. The van der Waals surface area contributed by atoms with Gasteiger partial charge in [0.2, 0.25) is 0 Å². The van der Waals surface area contributed by atoms with Crippen LogP contribution >= 0.6 is 34.8 Å². The summed E-state index contributed by atoms with van der Waals surface area (Å²) in [5.41, 5.74) is 8.85. The van der Waals surface area contributed by atoms with E-state index in [0.29, 0.717) is 26.4 Å². The van der Waals surface area contributed by atoms with Crippen molar-refractivity contribution in [1.29, 1.82) is 0 Å². The van der Waals surface area contributed by atoms with Crippen molar-refractivity contribution in [2.75, 3.05) is 7.11 Å². The van der Waals surface area contributed by atoms with Crippen LogP contribution in [0, 0.1) is 6.92 Å². The van der Waals surface area contributed by atoms with E-state index in [1.165, 1.54) is 7.11 Å². The van der Waals surface area contributed by atoms with Gasteiger partial charge < -0.3 is 10.5 Å². The van der Waals surface area contributed by atoms with E-state index < -0.39 is 6.04 Å². The molecule has 0 fully saturated rings. The summed E-state index contributed by atoms with van der Waals surface area (Å²) in [6.07, 6.45) is 0. The molecule has 106 valence electrons. The minimum absolute atomic E-state index is 0.445. The summed E-state index contributed by atoms with van der Waals surface area (Å²) in [7, 11) is 1.54. The van der Waals surface area contributed by atoms with Gasteiger partial charge in [-0.25, -0.2) is 0 Å². The van der Waals surface area contributed by atoms with Crippen LogP contribution in [-0.4, -0.2) is 7.11 Å². The number of ether oxygens (including phenoxy) is 1. The van der Waals surface area contributed by atoms with Gasteiger partial charge in [0.15, 0.2) is 0 Å². The summed E-state index contributed by atoms with van der Waals surface area (Å²) >= 11 is 18.6. The first-order chi connectivity index (χ1) is 9.43. The Labute approximate surface area is 133 Å². The fourth-order valence-corrected chi connectivity index (χ4v) is 2.86. The molecule has 0 aliphatic heterocycles. The summed E-state index contributed by atoms with van der Waals surface area (Å²) in [4.78, 5) is 0. The third-order valence-corrected chi connectivity index (χ3v) is 4.05. The first-order valence-electron chi connectivity index (χ1n) is 5.98. The summed E-state index contributed by atoms with van der Waals surface area (Å²) in [5.74, 6) is 0.516. The van der Waals surface area contributed by atoms with E-state index in [9.17, 15) is 0 Å². The lowest BCUT2D eigenvalue weighted by Gasteiger charge is -2.17. The Balaban J connectivity index is 2.48. The highest BCUT2D eigenvalue weighted by Crippen LogP contribution is 2.36. The van der Waals surface area contributed by atoms with Gasteiger partial charge in [0.1, 0.15) is 5.75 Å². The second kappa shape index (κ2) is 6.23. The topological polar surface area (TPSA) is 35.2 Å². The standard InChI is InChI=1S/C15H14Cl3NO/c1-8-3-4-9(11(16)5-8)15(19)10-6-13(18)14(20-2)7-12(10)17/h3-7,15H,19H2,1-2H3. The van der Waals surface area contributed by atoms with E-state index in [2.05, 4.69) is 0 Å². The maximum absolute atomic E-state index is 6.26. The molecule has 0 spiro atoms. The third kappa shape index (κ3) is 3.04. The van der Waals surface area contributed by atoms with Gasteiger partial charge in [0, 0.05) is 16.1 Å². The van der Waals surface area contributed by atoms with Crippen LogP contribution < -0.4 is 10.5 Å². The van der Waals surface area contributed by atoms with Gasteiger partial charge in [-0.2, -0.15) is 0 Å². The normalized spacial score (nSPS) is 12.3. The van der Waals surface area contributed by atoms with Crippen LogP contribution in [0.3, 0.4) is 0 Å². The molecule has 1 unspecified atom stereocenters. The molecule has 2 aromatic carbocycles. The van der Waals surface area contributed by atoms with Gasteiger partial charge in [-0.1, -0.05) is 46.9 Å². The van der Waals surface area contributed by atoms with Crippen molar-refractivity contribution in [3.05, 3.63) is 62.1 Å². The van der Waals surface area contributed by atoms with E-state index in [1.54, 1.807) is 12.1 Å². The van der Waals surface area contributed by atoms with Gasteiger partial charge in [-0.05, 0) is 35.7 Å². The Morgan fingerprint density at radius 2 is 1.60 bits per heavy atom. The van der Waals surface area contributed by atoms with Gasteiger partial charge in [-0.3, -0.25) is 0 Å². The minimum Gasteiger partial charge on any atom is -0.495 e. The van der Waals surface area contributed by atoms with Crippen LogP contribution in [0.5, 0.6) is 5.75 Å². The average molecular weight is 331 g/mol. The quantitative estimate of drug-likeness (QED) is 0.858. The number of halogens is 3. The number of hydrogen-bond acceptors (Lipinski definition) is 2. The fourth-order valence-electron chi connectivity index (χ4n) is 1.99. The minimum atomic E-state index is -0.445. The summed E-state index contributed by atoms with van der Waals surface area (Å²) in [6, 6.07) is 8.65. The molecule has 0 aromatic heterocycles. The van der Waals surface area contributed by atoms with Crippen LogP contribution in [0.15, 0.2) is 30.3 Å². The van der Waals surface area contributed by atoms with Gasteiger partial charge in [-0.15, -0.1) is 0 Å². The lowest BCUT2D eigenvalue weighted by molar-refractivity contribution is 0.415. The van der Waals surface area contributed by atoms with Crippen molar-refractivity contribution >= 4 is 34.8 Å². The third-order valence-electron chi connectivity index (χ3n) is 3.10. The predicted octanol–water partition coefficient (Wildman–Crippen LogP) is 5.01. The molecule has 20 heavy (non-hydrogen) atoms. The number of aryl methyl sites for hydroxylation is 1. The highest BCUT2D eigenvalue weighted by Gasteiger charge is 2.18. The number of nitrogens with two attached hydrogens (primary N) is 1. The molecule has 0 amide bonds. The van der Waals surface area contributed by atoms with Crippen LogP contribution in [-0.2, 0) is 0 Å². The lowest BCUT2D eigenvalue weighted by Crippen LogP contribution is -2.13. The molecule has 0 aliphatic rings. The fraction of sp³-hybridized carbons (Fsp3) is 0.200. The van der Waals surface area contributed by atoms with Crippen LogP contribution in [0.4, 0.5) is 0 Å². The molecule has 0 heterocycles. The summed E-state index contributed by atoms with van der Waals surface area (Å²) < 4.78 is 5.12. The maximum Gasteiger partial charge on any atom is 0.138 e. The van der Waals surface area contributed by atoms with Crippen molar-refractivity contribution in [2.24, 2.45) is 5.73 Å². The second-order valence-electron chi connectivity index (χ2n) is 4.51. The zero-order valence-electron chi connectivity index (χ0n) is 11.1. The smallest absolute Gasteiger partial charge is 0.138 e. The number of benzene rings is 2. The van der Waals surface area contributed by atoms with Crippen molar-refractivity contribution in [2.45, 2.75) is 13.0 Å². The van der Waals surface area contributed by atoms with Gasteiger partial charge >= 0.3 is 0 Å². The van der Waals surface area contributed by atoms with Crippen LogP contribution in [0.25, 0.3) is 0 Å². The first kappa shape index (κ1) is 15.5. The molecule has 0 aliphatic carbocycles. The molecule has 5 heteroatoms. The Hall–Kier alpha value is -0.930. The Kier molecular flexibility index (Phi) is 4.82. The Morgan fingerprint density at radius 3 is 2.20 bits per heavy atom. The predicted molar refractivity (Wildman–Crippen MR) is 85.2 cm³/mol. The molecule has 2 rings (SSSR count).